The van der Waals surface area contributed by atoms with Crippen LogP contribution in [0.25, 0.3) is 0 Å². The Bertz CT molecular complexity index is 544. The van der Waals surface area contributed by atoms with Crippen molar-refractivity contribution in [3.63, 3.8) is 0 Å². The SMILES string of the molecule is CS(=O)(=O)N1CNCC1COC(=O)c1ccccc1. The van der Waals surface area contributed by atoms with Gasteiger partial charge in [0.05, 0.1) is 24.5 Å². The fourth-order valence-electron chi connectivity index (χ4n) is 1.93. The lowest BCUT2D eigenvalue weighted by Gasteiger charge is -2.20. The van der Waals surface area contributed by atoms with Crippen LogP contribution >= 0.6 is 0 Å². The highest BCUT2D eigenvalue weighted by Gasteiger charge is 2.32. The van der Waals surface area contributed by atoms with E-state index in [2.05, 4.69) is 5.32 Å². The van der Waals surface area contributed by atoms with Gasteiger partial charge in [-0.15, -0.1) is 0 Å². The molecule has 1 aromatic rings. The van der Waals surface area contributed by atoms with Crippen molar-refractivity contribution in [2.45, 2.75) is 6.04 Å². The van der Waals surface area contributed by atoms with Crippen LogP contribution in [0.3, 0.4) is 0 Å². The minimum Gasteiger partial charge on any atom is -0.460 e. The monoisotopic (exact) mass is 284 g/mol. The Labute approximate surface area is 112 Å². The number of hydrogen-bond acceptors (Lipinski definition) is 5. The quantitative estimate of drug-likeness (QED) is 0.790. The van der Waals surface area contributed by atoms with Crippen LogP contribution in [0.1, 0.15) is 10.4 Å². The van der Waals surface area contributed by atoms with Gasteiger partial charge in [0.25, 0.3) is 0 Å². The van der Waals surface area contributed by atoms with Crippen LogP contribution in [0.5, 0.6) is 0 Å². The summed E-state index contributed by atoms with van der Waals surface area (Å²) in [5.41, 5.74) is 0.458. The number of carbonyl (C=O) groups is 1. The van der Waals surface area contributed by atoms with Gasteiger partial charge in [0.2, 0.25) is 10.0 Å². The minimum absolute atomic E-state index is 0.0494. The number of rotatable bonds is 4. The van der Waals surface area contributed by atoms with E-state index in [-0.39, 0.29) is 19.3 Å². The molecule has 7 heteroatoms. The number of benzene rings is 1. The van der Waals surface area contributed by atoms with Gasteiger partial charge in [0.15, 0.2) is 0 Å². The lowest BCUT2D eigenvalue weighted by molar-refractivity contribution is 0.0449. The maximum atomic E-state index is 11.7. The fraction of sp³-hybridized carbons (Fsp3) is 0.417. The second-order valence-electron chi connectivity index (χ2n) is 4.38. The first kappa shape index (κ1) is 14.0. The average molecular weight is 284 g/mol. The first-order valence-corrected chi connectivity index (χ1v) is 7.73. The van der Waals surface area contributed by atoms with Crippen LogP contribution < -0.4 is 5.32 Å². The van der Waals surface area contributed by atoms with Crippen molar-refractivity contribution in [3.8, 4) is 0 Å². The summed E-state index contributed by atoms with van der Waals surface area (Å²) in [6.07, 6.45) is 1.14. The third-order valence-corrected chi connectivity index (χ3v) is 4.18. The van der Waals surface area contributed by atoms with E-state index in [0.29, 0.717) is 12.1 Å². The predicted octanol–water partition coefficient (Wildman–Crippen LogP) is 0.0343. The van der Waals surface area contributed by atoms with E-state index in [9.17, 15) is 13.2 Å². The second-order valence-corrected chi connectivity index (χ2v) is 6.32. The fourth-order valence-corrected chi connectivity index (χ4v) is 2.93. The number of esters is 1. The Hall–Kier alpha value is -1.44. The van der Waals surface area contributed by atoms with Crippen molar-refractivity contribution < 1.29 is 17.9 Å². The van der Waals surface area contributed by atoms with Gasteiger partial charge in [0, 0.05) is 6.54 Å². The van der Waals surface area contributed by atoms with E-state index in [1.54, 1.807) is 24.3 Å². The first-order valence-electron chi connectivity index (χ1n) is 5.88. The molecule has 1 aromatic carbocycles. The molecule has 0 aliphatic carbocycles. The number of nitrogens with one attached hydrogen (secondary N) is 1. The Morgan fingerprint density at radius 3 is 2.74 bits per heavy atom. The van der Waals surface area contributed by atoms with Crippen molar-refractivity contribution in [1.82, 2.24) is 9.62 Å². The number of carbonyl (C=O) groups excluding carboxylic acids is 1. The highest BCUT2D eigenvalue weighted by Crippen LogP contribution is 2.11. The molecule has 0 radical (unpaired) electrons. The third kappa shape index (κ3) is 3.52. The molecule has 0 saturated carbocycles. The van der Waals surface area contributed by atoms with Crippen LogP contribution in [-0.4, -0.2) is 50.8 Å². The molecular formula is C12H16N2O4S. The molecule has 0 aromatic heterocycles. The van der Waals surface area contributed by atoms with E-state index in [1.807, 2.05) is 6.07 Å². The standard InChI is InChI=1S/C12H16N2O4S/c1-19(16,17)14-9-13-7-11(14)8-18-12(15)10-5-3-2-4-6-10/h2-6,11,13H,7-9H2,1H3. The van der Waals surface area contributed by atoms with Gasteiger partial charge in [-0.05, 0) is 12.1 Å². The molecule has 1 heterocycles. The zero-order valence-corrected chi connectivity index (χ0v) is 11.4. The smallest absolute Gasteiger partial charge is 0.338 e. The van der Waals surface area contributed by atoms with E-state index in [4.69, 9.17) is 4.74 Å². The lowest BCUT2D eigenvalue weighted by Crippen LogP contribution is -2.39. The normalized spacial score (nSPS) is 20.4. The largest absolute Gasteiger partial charge is 0.460 e. The zero-order valence-electron chi connectivity index (χ0n) is 10.6. The average Bonchev–Trinajstić information content (AvgIpc) is 2.85. The number of ether oxygens (including phenoxy) is 1. The maximum Gasteiger partial charge on any atom is 0.338 e. The highest BCUT2D eigenvalue weighted by molar-refractivity contribution is 7.88. The van der Waals surface area contributed by atoms with Gasteiger partial charge < -0.3 is 10.1 Å². The first-order chi connectivity index (χ1) is 8.98. The number of sulfonamides is 1. The second kappa shape index (κ2) is 5.68. The third-order valence-electron chi connectivity index (χ3n) is 2.90. The molecule has 19 heavy (non-hydrogen) atoms. The molecule has 0 spiro atoms. The molecule has 1 aliphatic heterocycles. The summed E-state index contributed by atoms with van der Waals surface area (Å²) >= 11 is 0. The molecule has 6 nitrogen and oxygen atoms in total. The molecule has 1 saturated heterocycles. The van der Waals surface area contributed by atoms with Crippen LogP contribution in [0.4, 0.5) is 0 Å². The van der Waals surface area contributed by atoms with Crippen LogP contribution in [0, 0.1) is 0 Å². The van der Waals surface area contributed by atoms with Crippen LogP contribution in [0.15, 0.2) is 30.3 Å². The van der Waals surface area contributed by atoms with Gasteiger partial charge >= 0.3 is 5.97 Å². The van der Waals surface area contributed by atoms with Crippen LogP contribution in [0.2, 0.25) is 0 Å². The minimum atomic E-state index is -3.28. The van der Waals surface area contributed by atoms with Crippen molar-refractivity contribution in [2.75, 3.05) is 26.1 Å². The summed E-state index contributed by atoms with van der Waals surface area (Å²) in [4.78, 5) is 11.7. The summed E-state index contributed by atoms with van der Waals surface area (Å²) < 4.78 is 29.5. The Balaban J connectivity index is 1.94. The van der Waals surface area contributed by atoms with Gasteiger partial charge in [-0.3, -0.25) is 0 Å². The molecule has 0 amide bonds. The van der Waals surface area contributed by atoms with Crippen molar-refractivity contribution in [1.29, 1.82) is 0 Å². The summed E-state index contributed by atoms with van der Waals surface area (Å²) in [5, 5.41) is 2.95. The Morgan fingerprint density at radius 1 is 1.42 bits per heavy atom. The van der Waals surface area contributed by atoms with E-state index >= 15 is 0 Å². The molecule has 0 bridgehead atoms. The topological polar surface area (TPSA) is 75.7 Å². The van der Waals surface area contributed by atoms with E-state index < -0.39 is 16.0 Å². The predicted molar refractivity (Wildman–Crippen MR) is 70.1 cm³/mol. The molecule has 104 valence electrons. The highest BCUT2D eigenvalue weighted by atomic mass is 32.2. The van der Waals surface area contributed by atoms with Gasteiger partial charge in [-0.2, -0.15) is 4.31 Å². The van der Waals surface area contributed by atoms with E-state index in [1.165, 1.54) is 4.31 Å². The van der Waals surface area contributed by atoms with Crippen molar-refractivity contribution in [3.05, 3.63) is 35.9 Å². The Morgan fingerprint density at radius 2 is 2.11 bits per heavy atom. The van der Waals surface area contributed by atoms with Crippen LogP contribution in [-0.2, 0) is 14.8 Å². The maximum absolute atomic E-state index is 11.7. The summed E-state index contributed by atoms with van der Waals surface area (Å²) in [6.45, 7) is 0.787. The molecule has 1 fully saturated rings. The molecule has 1 N–H and O–H groups in total. The number of nitrogens with zero attached hydrogens (tertiary/aromatic N) is 1. The van der Waals surface area contributed by atoms with E-state index in [0.717, 1.165) is 6.26 Å². The van der Waals surface area contributed by atoms with Gasteiger partial charge in [-0.25, -0.2) is 13.2 Å². The zero-order chi connectivity index (χ0) is 13.9. The molecule has 1 unspecified atom stereocenters. The summed E-state index contributed by atoms with van der Waals surface area (Å²) in [6, 6.07) is 8.27. The molecule has 2 rings (SSSR count). The molecule has 1 atom stereocenters. The molecular weight excluding hydrogens is 268 g/mol. The lowest BCUT2D eigenvalue weighted by atomic mass is 10.2. The molecule has 1 aliphatic rings. The Kier molecular flexibility index (Phi) is 4.18. The van der Waals surface area contributed by atoms with Gasteiger partial charge in [0.1, 0.15) is 6.61 Å². The van der Waals surface area contributed by atoms with Crippen molar-refractivity contribution >= 4 is 16.0 Å². The van der Waals surface area contributed by atoms with Gasteiger partial charge in [-0.1, -0.05) is 18.2 Å². The number of hydrogen-bond donors (Lipinski definition) is 1. The summed E-state index contributed by atoms with van der Waals surface area (Å²) in [5.74, 6) is -0.444. The van der Waals surface area contributed by atoms with Crippen molar-refractivity contribution in [2.24, 2.45) is 0 Å². The summed E-state index contributed by atoms with van der Waals surface area (Å²) in [7, 11) is -3.28.